The minimum Gasteiger partial charge on any atom is -0.229 e. The van der Waals surface area contributed by atoms with Crippen molar-refractivity contribution in [3.05, 3.63) is 34.7 Å². The molecule has 1 aromatic carbocycles. The van der Waals surface area contributed by atoms with E-state index in [0.717, 1.165) is 40.0 Å². The van der Waals surface area contributed by atoms with Gasteiger partial charge in [0.1, 0.15) is 0 Å². The van der Waals surface area contributed by atoms with Crippen LogP contribution in [0.5, 0.6) is 0 Å². The summed E-state index contributed by atoms with van der Waals surface area (Å²) >= 11 is 8.91. The summed E-state index contributed by atoms with van der Waals surface area (Å²) in [5.41, 5.74) is 1.98. The third kappa shape index (κ3) is 3.85. The van der Waals surface area contributed by atoms with E-state index in [4.69, 9.17) is 11.6 Å². The molecule has 0 aliphatic rings. The van der Waals surface area contributed by atoms with Crippen LogP contribution in [0.2, 0.25) is 5.02 Å². The fraction of sp³-hybridized carbons (Fsp3) is 0.286. The molecule has 0 saturated heterocycles. The lowest BCUT2D eigenvalue weighted by molar-refractivity contribution is 0.493. The molecule has 0 aliphatic heterocycles. The average Bonchev–Trinajstić information content (AvgIpc) is 3.16. The molecule has 0 aliphatic carbocycles. The highest BCUT2D eigenvalue weighted by Crippen LogP contribution is 2.31. The largest absolute Gasteiger partial charge is 0.238 e. The summed E-state index contributed by atoms with van der Waals surface area (Å²) in [6.07, 6.45) is 2.17. The summed E-state index contributed by atoms with van der Waals surface area (Å²) in [5.74, 6) is 0. The third-order valence-electron chi connectivity index (χ3n) is 2.95. The van der Waals surface area contributed by atoms with Crippen molar-refractivity contribution < 1.29 is 0 Å². The predicted molar refractivity (Wildman–Crippen MR) is 89.4 cm³/mol. The average molecular weight is 352 g/mol. The number of hydrogen-bond acceptors (Lipinski definition) is 6. The van der Waals surface area contributed by atoms with Crippen LogP contribution in [0.1, 0.15) is 19.8 Å². The molecule has 0 N–H and O–H groups in total. The first kappa shape index (κ1) is 15.5. The van der Waals surface area contributed by atoms with E-state index in [9.17, 15) is 0 Å². The first-order valence-electron chi connectivity index (χ1n) is 6.91. The van der Waals surface area contributed by atoms with Gasteiger partial charge in [-0.1, -0.05) is 37.1 Å². The number of unbranched alkanes of at least 4 members (excludes halogenated alkanes) is 1. The Hall–Kier alpha value is -1.44. The van der Waals surface area contributed by atoms with Crippen LogP contribution in [0.4, 0.5) is 0 Å². The molecule has 0 saturated carbocycles. The van der Waals surface area contributed by atoms with Gasteiger partial charge in [-0.25, -0.2) is 4.98 Å². The summed E-state index contributed by atoms with van der Waals surface area (Å²) < 4.78 is 0.903. The zero-order valence-corrected chi connectivity index (χ0v) is 14.3. The van der Waals surface area contributed by atoms with Crippen LogP contribution >= 0.6 is 34.7 Å². The Kier molecular flexibility index (Phi) is 5.07. The summed E-state index contributed by atoms with van der Waals surface area (Å²) in [6.45, 7) is 2.94. The van der Waals surface area contributed by atoms with Crippen LogP contribution in [-0.2, 0) is 6.54 Å². The van der Waals surface area contributed by atoms with E-state index in [0.29, 0.717) is 5.16 Å². The van der Waals surface area contributed by atoms with Gasteiger partial charge in [0.05, 0.1) is 12.2 Å². The molecule has 3 rings (SSSR count). The Bertz CT molecular complexity index is 738. The molecule has 114 valence electrons. The van der Waals surface area contributed by atoms with Crippen LogP contribution in [0.15, 0.2) is 39.1 Å². The number of thiazole rings is 1. The van der Waals surface area contributed by atoms with E-state index in [2.05, 4.69) is 27.3 Å². The fourth-order valence-electron chi connectivity index (χ4n) is 1.80. The molecule has 2 aromatic heterocycles. The highest BCUT2D eigenvalue weighted by molar-refractivity contribution is 8.00. The third-order valence-corrected chi connectivity index (χ3v) is 4.98. The molecule has 0 spiro atoms. The van der Waals surface area contributed by atoms with Crippen molar-refractivity contribution in [1.29, 1.82) is 0 Å². The number of benzene rings is 1. The Morgan fingerprint density at radius 1 is 1.27 bits per heavy atom. The molecule has 0 bridgehead atoms. The van der Waals surface area contributed by atoms with Crippen LogP contribution in [-0.4, -0.2) is 25.2 Å². The zero-order valence-electron chi connectivity index (χ0n) is 11.9. The maximum atomic E-state index is 5.90. The van der Waals surface area contributed by atoms with Gasteiger partial charge < -0.3 is 0 Å². The van der Waals surface area contributed by atoms with Crippen LogP contribution in [0.25, 0.3) is 11.3 Å². The van der Waals surface area contributed by atoms with E-state index >= 15 is 0 Å². The maximum absolute atomic E-state index is 5.90. The van der Waals surface area contributed by atoms with E-state index in [-0.39, 0.29) is 0 Å². The molecular weight excluding hydrogens is 338 g/mol. The number of halogens is 1. The topological polar surface area (TPSA) is 56.5 Å². The molecule has 22 heavy (non-hydrogen) atoms. The van der Waals surface area contributed by atoms with Crippen molar-refractivity contribution in [3.63, 3.8) is 0 Å². The first-order chi connectivity index (χ1) is 10.7. The smallest absolute Gasteiger partial charge is 0.229 e. The van der Waals surface area contributed by atoms with Gasteiger partial charge in [-0.05, 0) is 35.5 Å². The summed E-state index contributed by atoms with van der Waals surface area (Å²) in [5, 5.41) is 15.8. The number of hydrogen-bond donors (Lipinski definition) is 0. The molecule has 0 unspecified atom stereocenters. The van der Waals surface area contributed by atoms with Gasteiger partial charge in [0.2, 0.25) is 5.16 Å². The minimum absolute atomic E-state index is 0.633. The summed E-state index contributed by atoms with van der Waals surface area (Å²) in [6, 6.07) is 7.66. The van der Waals surface area contributed by atoms with Crippen LogP contribution < -0.4 is 0 Å². The molecule has 0 amide bonds. The van der Waals surface area contributed by atoms with E-state index in [1.54, 1.807) is 16.1 Å². The van der Waals surface area contributed by atoms with Gasteiger partial charge in [-0.3, -0.25) is 0 Å². The number of aryl methyl sites for hydroxylation is 1. The lowest BCUT2D eigenvalue weighted by Gasteiger charge is -1.96. The molecule has 5 nitrogen and oxygen atoms in total. The second-order valence-corrected chi connectivity index (χ2v) is 7.14. The number of aromatic nitrogens is 5. The van der Waals surface area contributed by atoms with Gasteiger partial charge in [0, 0.05) is 16.0 Å². The molecule has 0 fully saturated rings. The van der Waals surface area contributed by atoms with Gasteiger partial charge >= 0.3 is 0 Å². The van der Waals surface area contributed by atoms with Crippen molar-refractivity contribution in [1.82, 2.24) is 25.2 Å². The Balaban J connectivity index is 1.69. The Morgan fingerprint density at radius 2 is 2.09 bits per heavy atom. The SMILES string of the molecule is CCCCn1nnc(Sc2nc(-c3ccc(Cl)cc3)cs2)n1. The summed E-state index contributed by atoms with van der Waals surface area (Å²) in [7, 11) is 0. The maximum Gasteiger partial charge on any atom is 0.238 e. The quantitative estimate of drug-likeness (QED) is 0.658. The van der Waals surface area contributed by atoms with Crippen molar-refractivity contribution in [2.24, 2.45) is 0 Å². The Labute approximate surface area is 141 Å². The van der Waals surface area contributed by atoms with Crippen molar-refractivity contribution in [2.45, 2.75) is 35.8 Å². The molecule has 0 atom stereocenters. The number of nitrogens with zero attached hydrogens (tertiary/aromatic N) is 5. The molecule has 2 heterocycles. The second-order valence-electron chi connectivity index (χ2n) is 4.63. The summed E-state index contributed by atoms with van der Waals surface area (Å²) in [4.78, 5) is 6.24. The Morgan fingerprint density at radius 3 is 2.86 bits per heavy atom. The standard InChI is InChI=1S/C14H14ClN5S2/c1-2-3-8-20-18-13(17-19-20)22-14-16-12(9-21-14)10-4-6-11(15)7-5-10/h4-7,9H,2-3,8H2,1H3. The van der Waals surface area contributed by atoms with E-state index in [1.807, 2.05) is 29.6 Å². The van der Waals surface area contributed by atoms with Crippen LogP contribution in [0.3, 0.4) is 0 Å². The van der Waals surface area contributed by atoms with Crippen molar-refractivity contribution in [3.8, 4) is 11.3 Å². The van der Waals surface area contributed by atoms with E-state index < -0.39 is 0 Å². The van der Waals surface area contributed by atoms with Crippen molar-refractivity contribution in [2.75, 3.05) is 0 Å². The van der Waals surface area contributed by atoms with Crippen molar-refractivity contribution >= 4 is 34.7 Å². The molecule has 8 heteroatoms. The number of rotatable bonds is 6. The lowest BCUT2D eigenvalue weighted by Crippen LogP contribution is -2.01. The first-order valence-corrected chi connectivity index (χ1v) is 8.99. The lowest BCUT2D eigenvalue weighted by atomic mass is 10.2. The van der Waals surface area contributed by atoms with E-state index in [1.165, 1.54) is 11.8 Å². The number of tetrazole rings is 1. The normalized spacial score (nSPS) is 11.0. The fourth-order valence-corrected chi connectivity index (χ4v) is 3.55. The monoisotopic (exact) mass is 351 g/mol. The highest BCUT2D eigenvalue weighted by Gasteiger charge is 2.10. The van der Waals surface area contributed by atoms with Gasteiger partial charge in [-0.2, -0.15) is 4.80 Å². The van der Waals surface area contributed by atoms with Gasteiger partial charge in [0.25, 0.3) is 0 Å². The molecule has 3 aromatic rings. The second kappa shape index (κ2) is 7.21. The molecule has 0 radical (unpaired) electrons. The van der Waals surface area contributed by atoms with Gasteiger partial charge in [0.15, 0.2) is 4.34 Å². The minimum atomic E-state index is 0.633. The zero-order chi connectivity index (χ0) is 15.4. The van der Waals surface area contributed by atoms with Gasteiger partial charge in [-0.15, -0.1) is 21.5 Å². The van der Waals surface area contributed by atoms with Crippen LogP contribution in [0, 0.1) is 0 Å². The molecular formula is C14H14ClN5S2. The highest BCUT2D eigenvalue weighted by atomic mass is 35.5. The predicted octanol–water partition coefficient (Wildman–Crippen LogP) is 4.40.